The molecule has 0 saturated heterocycles. The summed E-state index contributed by atoms with van der Waals surface area (Å²) >= 11 is 22.2. The summed E-state index contributed by atoms with van der Waals surface area (Å²) < 4.78 is 0. The van der Waals surface area contributed by atoms with Crippen molar-refractivity contribution >= 4 is 59.0 Å². The van der Waals surface area contributed by atoms with Gasteiger partial charge in [0, 0.05) is 17.2 Å². The molecule has 0 aliphatic carbocycles. The highest BCUT2D eigenvalue weighted by molar-refractivity contribution is 6.58. The highest BCUT2D eigenvalue weighted by atomic mass is 35.5. The van der Waals surface area contributed by atoms with Crippen molar-refractivity contribution in [1.82, 2.24) is 19.9 Å². The Morgan fingerprint density at radius 3 is 1.22 bits per heavy atom. The quantitative estimate of drug-likeness (QED) is 0.151. The van der Waals surface area contributed by atoms with E-state index in [0.717, 1.165) is 22.5 Å². The van der Waals surface area contributed by atoms with Crippen LogP contribution in [0.5, 0.6) is 0 Å². The lowest BCUT2D eigenvalue weighted by atomic mass is 9.81. The smallest absolute Gasteiger partial charge is 0.423 e. The van der Waals surface area contributed by atoms with Gasteiger partial charge >= 0.3 is 7.12 Å². The van der Waals surface area contributed by atoms with Crippen LogP contribution in [-0.4, -0.2) is 37.1 Å². The van der Waals surface area contributed by atoms with Crippen molar-refractivity contribution in [1.29, 1.82) is 0 Å². The van der Waals surface area contributed by atoms with Crippen LogP contribution in [-0.2, 0) is 0 Å². The predicted octanol–water partition coefficient (Wildman–Crippen LogP) is 6.27. The standard InChI is InChI=1S/C16H11ClN2.C6H7BO2.C4HCl3N2/c17-16-18-14(12-7-3-1-4-8-12)11-15(19-16)13-9-5-2-6-10-13;8-7(9)6-4-2-1-3-5-6;5-2-1-3(6)9-4(7)8-2/h1-11H;1-5,8-9H;1H. The average Bonchev–Trinajstić information content (AvgIpc) is 2.90. The van der Waals surface area contributed by atoms with Crippen LogP contribution in [0.25, 0.3) is 22.5 Å². The maximum Gasteiger partial charge on any atom is 0.488 e. The SMILES string of the molecule is Clc1cc(Cl)nc(Cl)n1.Clc1nc(-c2ccccc2)cc(-c2ccccc2)n1.OB(O)c1ccccc1. The monoisotopic (exact) mass is 570 g/mol. The lowest BCUT2D eigenvalue weighted by Gasteiger charge is -2.05. The maximum atomic E-state index is 8.58. The zero-order valence-corrected chi connectivity index (χ0v) is 22.1. The van der Waals surface area contributed by atoms with Gasteiger partial charge in [0.15, 0.2) is 0 Å². The highest BCUT2D eigenvalue weighted by Crippen LogP contribution is 2.24. The molecule has 0 aliphatic heterocycles. The summed E-state index contributed by atoms with van der Waals surface area (Å²) in [6.07, 6.45) is 0. The zero-order chi connectivity index (χ0) is 26.6. The molecule has 0 fully saturated rings. The molecule has 186 valence electrons. The second-order valence-corrected chi connectivity index (χ2v) is 8.66. The first-order chi connectivity index (χ1) is 17.8. The normalized spacial score (nSPS) is 9.89. The minimum Gasteiger partial charge on any atom is -0.423 e. The minimum atomic E-state index is -1.34. The molecule has 0 spiro atoms. The molecule has 5 aromatic rings. The van der Waals surface area contributed by atoms with Crippen LogP contribution in [0.1, 0.15) is 0 Å². The van der Waals surface area contributed by atoms with E-state index in [1.54, 1.807) is 24.3 Å². The van der Waals surface area contributed by atoms with Gasteiger partial charge in [0.2, 0.25) is 10.6 Å². The van der Waals surface area contributed by atoms with Crippen LogP contribution in [0.4, 0.5) is 0 Å². The number of hydrogen-bond donors (Lipinski definition) is 2. The maximum absolute atomic E-state index is 8.58. The third kappa shape index (κ3) is 9.74. The lowest BCUT2D eigenvalue weighted by Crippen LogP contribution is -2.29. The van der Waals surface area contributed by atoms with Gasteiger partial charge in [-0.05, 0) is 34.7 Å². The van der Waals surface area contributed by atoms with Crippen LogP contribution in [0.2, 0.25) is 20.9 Å². The Morgan fingerprint density at radius 1 is 0.486 bits per heavy atom. The Balaban J connectivity index is 0.000000176. The van der Waals surface area contributed by atoms with Crippen molar-refractivity contribution in [3.8, 4) is 22.5 Å². The summed E-state index contributed by atoms with van der Waals surface area (Å²) in [6, 6.07) is 31.9. The van der Waals surface area contributed by atoms with E-state index in [1.807, 2.05) is 72.8 Å². The largest absolute Gasteiger partial charge is 0.488 e. The minimum absolute atomic E-state index is 0.0625. The molecule has 6 nitrogen and oxygen atoms in total. The van der Waals surface area contributed by atoms with Crippen LogP contribution in [0.15, 0.2) is 103 Å². The molecule has 0 atom stereocenters. The van der Waals surface area contributed by atoms with Crippen molar-refractivity contribution < 1.29 is 10.0 Å². The number of aromatic nitrogens is 4. The van der Waals surface area contributed by atoms with E-state index in [2.05, 4.69) is 19.9 Å². The number of hydrogen-bond acceptors (Lipinski definition) is 6. The van der Waals surface area contributed by atoms with Crippen molar-refractivity contribution in [3.63, 3.8) is 0 Å². The van der Waals surface area contributed by atoms with Crippen molar-refractivity contribution in [2.24, 2.45) is 0 Å². The molecule has 2 aromatic heterocycles. The molecule has 5 rings (SSSR count). The van der Waals surface area contributed by atoms with Crippen LogP contribution < -0.4 is 5.46 Å². The third-order valence-electron chi connectivity index (χ3n) is 4.57. The molecular formula is C26H19BCl4N4O2. The molecule has 0 radical (unpaired) electrons. The van der Waals surface area contributed by atoms with E-state index in [9.17, 15) is 0 Å². The molecular weight excluding hydrogens is 553 g/mol. The summed E-state index contributed by atoms with van der Waals surface area (Å²) in [5.41, 5.74) is 4.25. The predicted molar refractivity (Wildman–Crippen MR) is 151 cm³/mol. The van der Waals surface area contributed by atoms with Gasteiger partial charge in [-0.2, -0.15) is 0 Å². The van der Waals surface area contributed by atoms with Crippen LogP contribution in [0.3, 0.4) is 0 Å². The van der Waals surface area contributed by atoms with Crippen LogP contribution >= 0.6 is 46.4 Å². The molecule has 37 heavy (non-hydrogen) atoms. The van der Waals surface area contributed by atoms with E-state index >= 15 is 0 Å². The van der Waals surface area contributed by atoms with Gasteiger partial charge < -0.3 is 10.0 Å². The molecule has 11 heteroatoms. The Hall–Kier alpha value is -3.04. The second-order valence-electron chi connectivity index (χ2n) is 7.21. The fraction of sp³-hybridized carbons (Fsp3) is 0. The summed E-state index contributed by atoms with van der Waals surface area (Å²) in [5.74, 6) is 0. The molecule has 0 amide bonds. The third-order valence-corrected chi connectivity index (χ3v) is 5.30. The molecule has 0 aliphatic rings. The Bertz CT molecular complexity index is 1290. The molecule has 3 aromatic carbocycles. The van der Waals surface area contributed by atoms with Crippen LogP contribution in [0, 0.1) is 0 Å². The Labute approximate surface area is 234 Å². The van der Waals surface area contributed by atoms with Crippen molar-refractivity contribution in [2.45, 2.75) is 0 Å². The number of nitrogens with zero attached hydrogens (tertiary/aromatic N) is 4. The molecule has 2 heterocycles. The van der Waals surface area contributed by atoms with Gasteiger partial charge in [0.25, 0.3) is 0 Å². The number of benzene rings is 3. The number of rotatable bonds is 3. The Kier molecular flexibility index (Phi) is 11.3. The first kappa shape index (κ1) is 28.5. The Morgan fingerprint density at radius 2 is 0.865 bits per heavy atom. The fourth-order valence-electron chi connectivity index (χ4n) is 2.92. The second kappa shape index (κ2) is 14.6. The molecule has 0 saturated carbocycles. The summed E-state index contributed by atoms with van der Waals surface area (Å²) in [6.45, 7) is 0. The lowest BCUT2D eigenvalue weighted by molar-refractivity contribution is 0.426. The highest BCUT2D eigenvalue weighted by Gasteiger charge is 2.08. The molecule has 2 N–H and O–H groups in total. The van der Waals surface area contributed by atoms with Crippen molar-refractivity contribution in [2.75, 3.05) is 0 Å². The van der Waals surface area contributed by atoms with E-state index < -0.39 is 7.12 Å². The average molecular weight is 572 g/mol. The summed E-state index contributed by atoms with van der Waals surface area (Å²) in [5, 5.41) is 18.0. The first-order valence-corrected chi connectivity index (χ1v) is 12.2. The van der Waals surface area contributed by atoms with E-state index in [-0.39, 0.29) is 20.9 Å². The van der Waals surface area contributed by atoms with Gasteiger partial charge in [-0.1, -0.05) is 114 Å². The van der Waals surface area contributed by atoms with E-state index in [4.69, 9.17) is 56.5 Å². The van der Waals surface area contributed by atoms with Gasteiger partial charge in [0.05, 0.1) is 11.4 Å². The summed E-state index contributed by atoms with van der Waals surface area (Å²) in [4.78, 5) is 15.7. The van der Waals surface area contributed by atoms with Gasteiger partial charge in [-0.25, -0.2) is 19.9 Å². The fourth-order valence-corrected chi connectivity index (χ4v) is 3.79. The van der Waals surface area contributed by atoms with Gasteiger partial charge in [-0.15, -0.1) is 0 Å². The van der Waals surface area contributed by atoms with E-state index in [1.165, 1.54) is 6.07 Å². The van der Waals surface area contributed by atoms with Gasteiger partial charge in [0.1, 0.15) is 10.3 Å². The van der Waals surface area contributed by atoms with E-state index in [0.29, 0.717) is 5.46 Å². The topological polar surface area (TPSA) is 92.0 Å². The molecule has 0 bridgehead atoms. The summed E-state index contributed by atoms with van der Waals surface area (Å²) in [7, 11) is -1.34. The zero-order valence-electron chi connectivity index (χ0n) is 19.1. The van der Waals surface area contributed by atoms with Gasteiger partial charge in [-0.3, -0.25) is 0 Å². The molecule has 0 unspecified atom stereocenters. The van der Waals surface area contributed by atoms with Crippen molar-refractivity contribution in [3.05, 3.63) is 124 Å². The first-order valence-electron chi connectivity index (χ1n) is 10.7. The number of halogens is 4.